The molecule has 3 heterocycles. The number of oxazole rings is 1. The van der Waals surface area contributed by atoms with Crippen LogP contribution < -0.4 is 5.32 Å². The minimum Gasteiger partial charge on any atom is -0.444 e. The Kier molecular flexibility index (Phi) is 3.45. The van der Waals surface area contributed by atoms with E-state index in [1.54, 1.807) is 17.6 Å². The van der Waals surface area contributed by atoms with E-state index < -0.39 is 0 Å². The molecule has 3 rings (SSSR count). The van der Waals surface area contributed by atoms with Gasteiger partial charge >= 0.3 is 0 Å². The number of hydrogen-bond donors (Lipinski definition) is 1. The highest BCUT2D eigenvalue weighted by Gasteiger charge is 2.24. The summed E-state index contributed by atoms with van der Waals surface area (Å²) in [5, 5.41) is 5.34. The van der Waals surface area contributed by atoms with Crippen LogP contribution in [0.15, 0.2) is 28.2 Å². The van der Waals surface area contributed by atoms with Crippen molar-refractivity contribution in [1.82, 2.24) is 15.2 Å². The average molecular weight is 263 g/mol. The number of thiophene rings is 1. The molecule has 0 unspecified atom stereocenters. The zero-order valence-corrected chi connectivity index (χ0v) is 11.2. The molecule has 5 heteroatoms. The van der Waals surface area contributed by atoms with Gasteiger partial charge in [0.15, 0.2) is 0 Å². The SMILES string of the molecule is CCN(Cc1coc(-c2cccs2)n1)C1CNC1. The Bertz CT molecular complexity index is 490. The molecule has 18 heavy (non-hydrogen) atoms. The van der Waals surface area contributed by atoms with Crippen LogP contribution in [0.1, 0.15) is 12.6 Å². The van der Waals surface area contributed by atoms with Gasteiger partial charge in [-0.3, -0.25) is 4.90 Å². The zero-order chi connectivity index (χ0) is 12.4. The number of hydrogen-bond acceptors (Lipinski definition) is 5. The van der Waals surface area contributed by atoms with Crippen molar-refractivity contribution in [2.24, 2.45) is 0 Å². The third-order valence-electron chi connectivity index (χ3n) is 3.33. The van der Waals surface area contributed by atoms with Crippen molar-refractivity contribution in [3.63, 3.8) is 0 Å². The Balaban J connectivity index is 1.69. The maximum Gasteiger partial charge on any atom is 0.236 e. The Labute approximate surface area is 111 Å². The van der Waals surface area contributed by atoms with Crippen molar-refractivity contribution >= 4 is 11.3 Å². The standard InChI is InChI=1S/C13H17N3OS/c1-2-16(11-6-14-7-11)8-10-9-17-13(15-10)12-4-3-5-18-12/h3-5,9,11,14H,2,6-8H2,1H3. The number of nitrogens with one attached hydrogen (secondary N) is 1. The summed E-state index contributed by atoms with van der Waals surface area (Å²) in [6.07, 6.45) is 1.78. The van der Waals surface area contributed by atoms with Crippen molar-refractivity contribution in [3.05, 3.63) is 29.5 Å². The predicted molar refractivity (Wildman–Crippen MR) is 72.6 cm³/mol. The minimum atomic E-state index is 0.650. The highest BCUT2D eigenvalue weighted by molar-refractivity contribution is 7.13. The molecule has 0 radical (unpaired) electrons. The highest BCUT2D eigenvalue weighted by atomic mass is 32.1. The van der Waals surface area contributed by atoms with Gasteiger partial charge in [0.2, 0.25) is 5.89 Å². The van der Waals surface area contributed by atoms with Gasteiger partial charge in [0.1, 0.15) is 6.26 Å². The molecule has 2 aromatic rings. The largest absolute Gasteiger partial charge is 0.444 e. The van der Waals surface area contributed by atoms with E-state index in [0.717, 1.165) is 42.6 Å². The normalized spacial score (nSPS) is 16.1. The van der Waals surface area contributed by atoms with E-state index in [1.807, 2.05) is 17.5 Å². The molecular weight excluding hydrogens is 246 g/mol. The summed E-state index contributed by atoms with van der Waals surface area (Å²) in [7, 11) is 0. The lowest BCUT2D eigenvalue weighted by Crippen LogP contribution is -2.56. The average Bonchev–Trinajstić information content (AvgIpc) is 2.95. The van der Waals surface area contributed by atoms with Crippen LogP contribution >= 0.6 is 11.3 Å². The first kappa shape index (κ1) is 11.9. The molecular formula is C13H17N3OS. The number of likely N-dealkylation sites (N-methyl/N-ethyl adjacent to an activating group) is 1. The maximum atomic E-state index is 5.54. The monoisotopic (exact) mass is 263 g/mol. The lowest BCUT2D eigenvalue weighted by molar-refractivity contribution is 0.143. The van der Waals surface area contributed by atoms with Crippen LogP contribution in [0.5, 0.6) is 0 Å². The van der Waals surface area contributed by atoms with Gasteiger partial charge in [-0.25, -0.2) is 4.98 Å². The van der Waals surface area contributed by atoms with Crippen LogP contribution in [0.4, 0.5) is 0 Å². The first-order valence-electron chi connectivity index (χ1n) is 6.30. The molecule has 1 N–H and O–H groups in total. The van der Waals surface area contributed by atoms with E-state index in [2.05, 4.69) is 22.1 Å². The van der Waals surface area contributed by atoms with E-state index in [4.69, 9.17) is 4.42 Å². The highest BCUT2D eigenvalue weighted by Crippen LogP contribution is 2.24. The Morgan fingerprint density at radius 1 is 1.56 bits per heavy atom. The van der Waals surface area contributed by atoms with E-state index in [-0.39, 0.29) is 0 Å². The number of nitrogens with zero attached hydrogens (tertiary/aromatic N) is 2. The first-order chi connectivity index (χ1) is 8.86. The van der Waals surface area contributed by atoms with Crippen molar-refractivity contribution in [2.45, 2.75) is 19.5 Å². The zero-order valence-electron chi connectivity index (χ0n) is 10.4. The van der Waals surface area contributed by atoms with E-state index >= 15 is 0 Å². The second-order valence-corrected chi connectivity index (χ2v) is 5.44. The maximum absolute atomic E-state index is 5.54. The molecule has 1 fully saturated rings. The summed E-state index contributed by atoms with van der Waals surface area (Å²) in [5.41, 5.74) is 1.02. The summed E-state index contributed by atoms with van der Waals surface area (Å²) in [6, 6.07) is 4.70. The summed E-state index contributed by atoms with van der Waals surface area (Å²) < 4.78 is 5.54. The van der Waals surface area contributed by atoms with Crippen LogP contribution in [0.3, 0.4) is 0 Å². The summed E-state index contributed by atoms with van der Waals surface area (Å²) in [6.45, 7) is 6.29. The van der Waals surface area contributed by atoms with E-state index in [9.17, 15) is 0 Å². The minimum absolute atomic E-state index is 0.650. The van der Waals surface area contributed by atoms with Crippen LogP contribution in [0.2, 0.25) is 0 Å². The topological polar surface area (TPSA) is 41.3 Å². The van der Waals surface area contributed by atoms with Crippen molar-refractivity contribution in [3.8, 4) is 10.8 Å². The molecule has 0 spiro atoms. The Morgan fingerprint density at radius 2 is 2.44 bits per heavy atom. The quantitative estimate of drug-likeness (QED) is 0.898. The van der Waals surface area contributed by atoms with Crippen LogP contribution in [-0.4, -0.2) is 35.6 Å². The molecule has 1 aliphatic heterocycles. The fourth-order valence-electron chi connectivity index (χ4n) is 2.13. The van der Waals surface area contributed by atoms with Crippen molar-refractivity contribution in [1.29, 1.82) is 0 Å². The lowest BCUT2D eigenvalue weighted by atomic mass is 10.1. The molecule has 2 aromatic heterocycles. The molecule has 0 atom stereocenters. The summed E-state index contributed by atoms with van der Waals surface area (Å²) in [4.78, 5) is 8.09. The molecule has 96 valence electrons. The van der Waals surface area contributed by atoms with E-state index in [0.29, 0.717) is 6.04 Å². The van der Waals surface area contributed by atoms with Gasteiger partial charge in [-0.2, -0.15) is 0 Å². The van der Waals surface area contributed by atoms with Gasteiger partial charge in [-0.1, -0.05) is 13.0 Å². The van der Waals surface area contributed by atoms with Crippen molar-refractivity contribution < 1.29 is 4.42 Å². The van der Waals surface area contributed by atoms with Gasteiger partial charge < -0.3 is 9.73 Å². The number of aromatic nitrogens is 1. The van der Waals surface area contributed by atoms with E-state index in [1.165, 1.54) is 0 Å². The molecule has 0 saturated carbocycles. The Hall–Kier alpha value is -1.17. The van der Waals surface area contributed by atoms with Crippen LogP contribution in [-0.2, 0) is 6.54 Å². The lowest BCUT2D eigenvalue weighted by Gasteiger charge is -2.37. The second-order valence-electron chi connectivity index (χ2n) is 4.50. The van der Waals surface area contributed by atoms with Crippen LogP contribution in [0.25, 0.3) is 10.8 Å². The molecule has 4 nitrogen and oxygen atoms in total. The molecule has 0 amide bonds. The molecule has 0 aromatic carbocycles. The fraction of sp³-hybridized carbons (Fsp3) is 0.462. The molecule has 0 aliphatic carbocycles. The molecule has 0 bridgehead atoms. The third-order valence-corrected chi connectivity index (χ3v) is 4.19. The summed E-state index contributed by atoms with van der Waals surface area (Å²) in [5.74, 6) is 0.739. The predicted octanol–water partition coefficient (Wildman–Crippen LogP) is 2.20. The van der Waals surface area contributed by atoms with Crippen molar-refractivity contribution in [2.75, 3.05) is 19.6 Å². The van der Waals surface area contributed by atoms with Gasteiger partial charge in [0.05, 0.1) is 10.6 Å². The van der Waals surface area contributed by atoms with Gasteiger partial charge in [-0.15, -0.1) is 11.3 Å². The van der Waals surface area contributed by atoms with Gasteiger partial charge in [0, 0.05) is 25.7 Å². The molecule has 1 aliphatic rings. The second kappa shape index (κ2) is 5.22. The fourth-order valence-corrected chi connectivity index (χ4v) is 2.79. The summed E-state index contributed by atoms with van der Waals surface area (Å²) >= 11 is 1.66. The van der Waals surface area contributed by atoms with Gasteiger partial charge in [-0.05, 0) is 18.0 Å². The third kappa shape index (κ3) is 2.34. The molecule has 1 saturated heterocycles. The Morgan fingerprint density at radius 3 is 3.06 bits per heavy atom. The first-order valence-corrected chi connectivity index (χ1v) is 7.18. The van der Waals surface area contributed by atoms with Crippen LogP contribution in [0, 0.1) is 0 Å². The number of rotatable bonds is 5. The van der Waals surface area contributed by atoms with Gasteiger partial charge in [0.25, 0.3) is 0 Å². The smallest absolute Gasteiger partial charge is 0.236 e.